The number of aromatic nitrogens is 4. The number of nitrogens with zero attached hydrogens (tertiary/aromatic N) is 4. The molecule has 4 heteroatoms. The number of pyridine rings is 1. The Kier molecular flexibility index (Phi) is 6.32. The van der Waals surface area contributed by atoms with Crippen LogP contribution in [0.15, 0.2) is 170 Å². The Hall–Kier alpha value is -6.26. The van der Waals surface area contributed by atoms with Crippen LogP contribution >= 0.6 is 0 Å². The normalized spacial score (nSPS) is 14.9. The second-order valence-electron chi connectivity index (χ2n) is 11.9. The first kappa shape index (κ1) is 27.1. The number of fused-ring (bicyclic) bond motifs is 4. The van der Waals surface area contributed by atoms with Crippen LogP contribution in [0, 0.1) is 0 Å². The van der Waals surface area contributed by atoms with Crippen LogP contribution in [0.25, 0.3) is 56.2 Å². The van der Waals surface area contributed by atoms with E-state index in [4.69, 9.17) is 19.9 Å². The van der Waals surface area contributed by atoms with Crippen molar-refractivity contribution >= 4 is 10.9 Å². The molecule has 1 aliphatic carbocycles. The minimum absolute atomic E-state index is 0.599. The molecule has 0 fully saturated rings. The molecule has 6 aromatic carbocycles. The van der Waals surface area contributed by atoms with E-state index < -0.39 is 5.41 Å². The maximum Gasteiger partial charge on any atom is 0.164 e. The van der Waals surface area contributed by atoms with Crippen LogP contribution < -0.4 is 0 Å². The summed E-state index contributed by atoms with van der Waals surface area (Å²) in [6.45, 7) is 0. The van der Waals surface area contributed by atoms with Gasteiger partial charge < -0.3 is 0 Å². The third-order valence-corrected chi connectivity index (χ3v) is 9.23. The lowest BCUT2D eigenvalue weighted by Gasteiger charge is -2.34. The van der Waals surface area contributed by atoms with Crippen LogP contribution in [0.2, 0.25) is 0 Å². The molecule has 0 bridgehead atoms. The molecule has 0 radical (unpaired) electrons. The summed E-state index contributed by atoms with van der Waals surface area (Å²) in [6, 6.07) is 57.1. The number of hydrogen-bond acceptors (Lipinski definition) is 4. The quantitative estimate of drug-likeness (QED) is 0.197. The third-order valence-electron chi connectivity index (χ3n) is 9.23. The summed E-state index contributed by atoms with van der Waals surface area (Å²) >= 11 is 0. The highest BCUT2D eigenvalue weighted by molar-refractivity contribution is 5.89. The predicted octanol–water partition coefficient (Wildman–Crippen LogP) is 9.78. The monoisotopic (exact) mass is 600 g/mol. The van der Waals surface area contributed by atoms with Crippen molar-refractivity contribution in [3.63, 3.8) is 0 Å². The Labute approximate surface area is 273 Å². The van der Waals surface area contributed by atoms with Crippen LogP contribution in [0.1, 0.15) is 22.3 Å². The van der Waals surface area contributed by atoms with Gasteiger partial charge in [-0.15, -0.1) is 0 Å². The number of rotatable bonds is 5. The highest BCUT2D eigenvalue weighted by Crippen LogP contribution is 2.56. The lowest BCUT2D eigenvalue weighted by atomic mass is 9.68. The largest absolute Gasteiger partial charge is 0.256 e. The molecule has 1 unspecified atom stereocenters. The van der Waals surface area contributed by atoms with Crippen molar-refractivity contribution in [3.8, 4) is 45.3 Å². The molecular formula is C43H28N4. The van der Waals surface area contributed by atoms with Crippen molar-refractivity contribution < 1.29 is 0 Å². The van der Waals surface area contributed by atoms with E-state index in [0.29, 0.717) is 17.5 Å². The fourth-order valence-electron chi connectivity index (χ4n) is 7.11. The van der Waals surface area contributed by atoms with Gasteiger partial charge in [0.25, 0.3) is 0 Å². The average molecular weight is 601 g/mol. The Balaban J connectivity index is 1.33. The van der Waals surface area contributed by atoms with Gasteiger partial charge in [0.1, 0.15) is 0 Å². The Morgan fingerprint density at radius 3 is 1.64 bits per heavy atom. The highest BCUT2D eigenvalue weighted by atomic mass is 15.0. The Bertz CT molecular complexity index is 2350. The molecule has 220 valence electrons. The van der Waals surface area contributed by atoms with E-state index >= 15 is 0 Å². The molecule has 8 aromatic rings. The zero-order valence-corrected chi connectivity index (χ0v) is 25.5. The summed E-state index contributed by atoms with van der Waals surface area (Å²) in [6.07, 6.45) is 2.05. The van der Waals surface area contributed by atoms with E-state index in [1.165, 1.54) is 27.8 Å². The molecule has 0 spiro atoms. The van der Waals surface area contributed by atoms with Crippen molar-refractivity contribution in [2.24, 2.45) is 0 Å². The smallest absolute Gasteiger partial charge is 0.164 e. The molecule has 1 aliphatic rings. The lowest BCUT2D eigenvalue weighted by Crippen LogP contribution is -2.28. The van der Waals surface area contributed by atoms with Gasteiger partial charge >= 0.3 is 0 Å². The predicted molar refractivity (Wildman–Crippen MR) is 189 cm³/mol. The fourth-order valence-corrected chi connectivity index (χ4v) is 7.11. The van der Waals surface area contributed by atoms with Crippen LogP contribution in [-0.4, -0.2) is 19.9 Å². The summed E-state index contributed by atoms with van der Waals surface area (Å²) in [5.41, 5.74) is 10.3. The summed E-state index contributed by atoms with van der Waals surface area (Å²) in [5.74, 6) is 1.92. The van der Waals surface area contributed by atoms with E-state index in [2.05, 4.69) is 103 Å². The molecule has 0 aliphatic heterocycles. The van der Waals surface area contributed by atoms with Crippen LogP contribution in [0.3, 0.4) is 0 Å². The van der Waals surface area contributed by atoms with E-state index in [1.54, 1.807) is 0 Å². The van der Waals surface area contributed by atoms with Gasteiger partial charge in [0.05, 0.1) is 10.9 Å². The SMILES string of the molecule is c1ccc(-c2nc(-c3ccccc3)nc(-c3ccc4c(c3)C(c3ccccc3)(c3cnc5ccccc5c3)c3ccccc3-4)n2)cc1. The van der Waals surface area contributed by atoms with Crippen molar-refractivity contribution in [3.05, 3.63) is 192 Å². The molecule has 9 rings (SSSR count). The van der Waals surface area contributed by atoms with E-state index in [9.17, 15) is 0 Å². The maximum atomic E-state index is 5.07. The van der Waals surface area contributed by atoms with Gasteiger partial charge in [0.2, 0.25) is 0 Å². The van der Waals surface area contributed by atoms with Crippen LogP contribution in [-0.2, 0) is 5.41 Å². The van der Waals surface area contributed by atoms with Crippen LogP contribution in [0.5, 0.6) is 0 Å². The maximum absolute atomic E-state index is 5.07. The van der Waals surface area contributed by atoms with Gasteiger partial charge in [0, 0.05) is 28.3 Å². The van der Waals surface area contributed by atoms with E-state index in [-0.39, 0.29) is 0 Å². The van der Waals surface area contributed by atoms with Crippen molar-refractivity contribution in [1.29, 1.82) is 0 Å². The Morgan fingerprint density at radius 1 is 0.383 bits per heavy atom. The number of para-hydroxylation sites is 1. The fraction of sp³-hybridized carbons (Fsp3) is 0.0233. The minimum atomic E-state index is -0.599. The molecule has 4 nitrogen and oxygen atoms in total. The second kappa shape index (κ2) is 11.0. The first-order valence-electron chi connectivity index (χ1n) is 15.8. The van der Waals surface area contributed by atoms with Gasteiger partial charge in [-0.3, -0.25) is 4.98 Å². The molecule has 0 saturated heterocycles. The topological polar surface area (TPSA) is 51.6 Å². The lowest BCUT2D eigenvalue weighted by molar-refractivity contribution is 0.765. The molecule has 0 N–H and O–H groups in total. The standard InChI is InChI=1S/C43H28N4/c1-4-14-29(15-5-1)40-45-41(30-16-6-2-7-17-30)47-42(46-40)32-24-25-36-35-21-11-12-22-37(35)43(38(36)27-32,33-19-8-3-9-20-33)34-26-31-18-10-13-23-39(31)44-28-34/h1-28H. The molecule has 0 amide bonds. The van der Waals surface area contributed by atoms with Crippen molar-refractivity contribution in [1.82, 2.24) is 19.9 Å². The van der Waals surface area contributed by atoms with Gasteiger partial charge in [-0.2, -0.15) is 0 Å². The van der Waals surface area contributed by atoms with Crippen LogP contribution in [0.4, 0.5) is 0 Å². The molecule has 2 aromatic heterocycles. The van der Waals surface area contributed by atoms with Gasteiger partial charge in [0.15, 0.2) is 17.5 Å². The van der Waals surface area contributed by atoms with E-state index in [1.807, 2.05) is 66.7 Å². The highest BCUT2D eigenvalue weighted by Gasteiger charge is 2.46. The third kappa shape index (κ3) is 4.38. The summed E-state index contributed by atoms with van der Waals surface area (Å²) in [5, 5.41) is 1.11. The van der Waals surface area contributed by atoms with Crippen molar-refractivity contribution in [2.75, 3.05) is 0 Å². The average Bonchev–Trinajstić information content (AvgIpc) is 3.46. The molecule has 47 heavy (non-hydrogen) atoms. The van der Waals surface area contributed by atoms with Gasteiger partial charge in [-0.1, -0.05) is 146 Å². The molecule has 0 saturated carbocycles. The summed E-state index contributed by atoms with van der Waals surface area (Å²) < 4.78 is 0. The molecule has 1 atom stereocenters. The van der Waals surface area contributed by atoms with Crippen molar-refractivity contribution in [2.45, 2.75) is 5.41 Å². The first-order chi connectivity index (χ1) is 23.3. The molecule has 2 heterocycles. The number of benzene rings is 6. The molecular weight excluding hydrogens is 573 g/mol. The summed E-state index contributed by atoms with van der Waals surface area (Å²) in [4.78, 5) is 20.1. The number of hydrogen-bond donors (Lipinski definition) is 0. The van der Waals surface area contributed by atoms with Gasteiger partial charge in [-0.25, -0.2) is 15.0 Å². The second-order valence-corrected chi connectivity index (χ2v) is 11.9. The Morgan fingerprint density at radius 2 is 0.936 bits per heavy atom. The zero-order valence-electron chi connectivity index (χ0n) is 25.5. The zero-order chi connectivity index (χ0) is 31.2. The first-order valence-corrected chi connectivity index (χ1v) is 15.8. The summed E-state index contributed by atoms with van der Waals surface area (Å²) in [7, 11) is 0. The minimum Gasteiger partial charge on any atom is -0.256 e. The van der Waals surface area contributed by atoms with Gasteiger partial charge in [-0.05, 0) is 51.6 Å². The van der Waals surface area contributed by atoms with E-state index in [0.717, 1.165) is 33.2 Å².